The molecule has 0 radical (unpaired) electrons. The molecule has 2 aromatic rings. The third-order valence-corrected chi connectivity index (χ3v) is 3.39. The fourth-order valence-corrected chi connectivity index (χ4v) is 2.35. The number of anilines is 2. The van der Waals surface area contributed by atoms with Crippen LogP contribution in [0.2, 0.25) is 0 Å². The van der Waals surface area contributed by atoms with Gasteiger partial charge < -0.3 is 10.7 Å². The molecule has 2 rings (SSSR count). The first-order chi connectivity index (χ1) is 10.1. The van der Waals surface area contributed by atoms with Crippen LogP contribution in [-0.2, 0) is 13.0 Å². The van der Waals surface area contributed by atoms with E-state index in [4.69, 9.17) is 5.84 Å². The Kier molecular flexibility index (Phi) is 4.70. The summed E-state index contributed by atoms with van der Waals surface area (Å²) in [5.41, 5.74) is 5.80. The fraction of sp³-hybridized carbons (Fsp3) is 0.333. The Morgan fingerprint density at radius 3 is 2.33 bits per heavy atom. The average molecular weight is 289 g/mol. The number of aromatic nitrogens is 2. The number of nitrogen functional groups attached to an aromatic ring is 1. The van der Waals surface area contributed by atoms with Crippen LogP contribution in [-0.4, -0.2) is 9.97 Å². The SMILES string of the molecule is CCc1c(NN)ncnc1NCc1cc(C)c(F)c(C)c1. The molecule has 0 saturated heterocycles. The van der Waals surface area contributed by atoms with Gasteiger partial charge in [-0.15, -0.1) is 0 Å². The summed E-state index contributed by atoms with van der Waals surface area (Å²) in [6.45, 7) is 6.11. The van der Waals surface area contributed by atoms with Crippen LogP contribution in [0.1, 0.15) is 29.2 Å². The minimum Gasteiger partial charge on any atom is -0.366 e. The summed E-state index contributed by atoms with van der Waals surface area (Å²) in [4.78, 5) is 8.33. The topological polar surface area (TPSA) is 75.9 Å². The molecule has 1 aromatic heterocycles. The summed E-state index contributed by atoms with van der Waals surface area (Å²) in [6, 6.07) is 3.68. The van der Waals surface area contributed by atoms with Crippen LogP contribution in [0.25, 0.3) is 0 Å². The lowest BCUT2D eigenvalue weighted by molar-refractivity contribution is 0.608. The van der Waals surface area contributed by atoms with Crippen molar-refractivity contribution < 1.29 is 4.39 Å². The first kappa shape index (κ1) is 15.2. The molecule has 0 spiro atoms. The predicted octanol–water partition coefficient (Wildman–Crippen LogP) is 2.69. The summed E-state index contributed by atoms with van der Waals surface area (Å²) < 4.78 is 13.6. The Labute approximate surface area is 123 Å². The lowest BCUT2D eigenvalue weighted by Crippen LogP contribution is -2.14. The van der Waals surface area contributed by atoms with Crippen molar-refractivity contribution in [1.29, 1.82) is 0 Å². The number of nitrogens with zero attached hydrogens (tertiary/aromatic N) is 2. The number of hydrazine groups is 1. The molecule has 5 nitrogen and oxygen atoms in total. The monoisotopic (exact) mass is 289 g/mol. The highest BCUT2D eigenvalue weighted by molar-refractivity contribution is 5.57. The quantitative estimate of drug-likeness (QED) is 0.583. The van der Waals surface area contributed by atoms with E-state index in [9.17, 15) is 4.39 Å². The van der Waals surface area contributed by atoms with E-state index in [2.05, 4.69) is 20.7 Å². The minimum absolute atomic E-state index is 0.148. The van der Waals surface area contributed by atoms with E-state index in [1.54, 1.807) is 13.8 Å². The van der Waals surface area contributed by atoms with E-state index < -0.39 is 0 Å². The molecule has 0 aliphatic carbocycles. The molecule has 21 heavy (non-hydrogen) atoms. The first-order valence-electron chi connectivity index (χ1n) is 6.86. The zero-order valence-corrected chi connectivity index (χ0v) is 12.5. The molecule has 1 aromatic carbocycles. The number of benzene rings is 1. The van der Waals surface area contributed by atoms with E-state index in [1.807, 2.05) is 19.1 Å². The van der Waals surface area contributed by atoms with Crippen LogP contribution < -0.4 is 16.6 Å². The maximum atomic E-state index is 13.6. The third-order valence-electron chi connectivity index (χ3n) is 3.39. The van der Waals surface area contributed by atoms with E-state index in [0.717, 1.165) is 23.4 Å². The van der Waals surface area contributed by atoms with Crippen LogP contribution in [0.4, 0.5) is 16.0 Å². The van der Waals surface area contributed by atoms with Gasteiger partial charge in [-0.3, -0.25) is 0 Å². The number of rotatable bonds is 5. The van der Waals surface area contributed by atoms with Crippen molar-refractivity contribution in [2.45, 2.75) is 33.7 Å². The highest BCUT2D eigenvalue weighted by Gasteiger charge is 2.09. The molecule has 0 fully saturated rings. The number of nitrogens with one attached hydrogen (secondary N) is 2. The van der Waals surface area contributed by atoms with Gasteiger partial charge in [0, 0.05) is 12.1 Å². The minimum atomic E-state index is -0.148. The van der Waals surface area contributed by atoms with Crippen molar-refractivity contribution in [2.75, 3.05) is 10.7 Å². The second kappa shape index (κ2) is 6.49. The van der Waals surface area contributed by atoms with Crippen molar-refractivity contribution in [3.8, 4) is 0 Å². The molecule has 112 valence electrons. The second-order valence-corrected chi connectivity index (χ2v) is 4.94. The Bertz CT molecular complexity index is 619. The van der Waals surface area contributed by atoms with Crippen LogP contribution in [0.15, 0.2) is 18.5 Å². The van der Waals surface area contributed by atoms with Crippen molar-refractivity contribution >= 4 is 11.6 Å². The molecule has 1 heterocycles. The van der Waals surface area contributed by atoms with Crippen molar-refractivity contribution in [2.24, 2.45) is 5.84 Å². The lowest BCUT2D eigenvalue weighted by Gasteiger charge is -2.13. The molecule has 0 aliphatic rings. The van der Waals surface area contributed by atoms with Crippen LogP contribution >= 0.6 is 0 Å². The van der Waals surface area contributed by atoms with Crippen LogP contribution in [0.5, 0.6) is 0 Å². The van der Waals surface area contributed by atoms with Gasteiger partial charge >= 0.3 is 0 Å². The van der Waals surface area contributed by atoms with E-state index in [1.165, 1.54) is 6.33 Å². The standard InChI is InChI=1S/C15H20FN5/c1-4-12-14(19-8-20-15(12)21-17)18-7-11-5-9(2)13(16)10(3)6-11/h5-6,8H,4,7,17H2,1-3H3,(H2,18,19,20,21). The number of nitrogens with two attached hydrogens (primary N) is 1. The zero-order valence-electron chi connectivity index (χ0n) is 12.5. The largest absolute Gasteiger partial charge is 0.366 e. The van der Waals surface area contributed by atoms with Gasteiger partial charge in [-0.1, -0.05) is 19.1 Å². The molecule has 0 unspecified atom stereocenters. The lowest BCUT2D eigenvalue weighted by atomic mass is 10.1. The molecule has 0 aliphatic heterocycles. The molecule has 4 N–H and O–H groups in total. The highest BCUT2D eigenvalue weighted by atomic mass is 19.1. The summed E-state index contributed by atoms with van der Waals surface area (Å²) in [5, 5.41) is 3.26. The summed E-state index contributed by atoms with van der Waals surface area (Å²) in [6.07, 6.45) is 2.21. The molecular formula is C15H20FN5. The molecule has 0 amide bonds. The Morgan fingerprint density at radius 2 is 1.76 bits per heavy atom. The first-order valence-corrected chi connectivity index (χ1v) is 6.86. The molecule has 0 saturated carbocycles. The second-order valence-electron chi connectivity index (χ2n) is 4.94. The number of hydrogen-bond donors (Lipinski definition) is 3. The van der Waals surface area contributed by atoms with Gasteiger partial charge in [-0.05, 0) is 37.0 Å². The summed E-state index contributed by atoms with van der Waals surface area (Å²) in [5.74, 6) is 6.65. The van der Waals surface area contributed by atoms with Crippen molar-refractivity contribution in [3.05, 3.63) is 46.5 Å². The van der Waals surface area contributed by atoms with Crippen LogP contribution in [0, 0.1) is 19.7 Å². The summed E-state index contributed by atoms with van der Waals surface area (Å²) >= 11 is 0. The fourth-order valence-electron chi connectivity index (χ4n) is 2.35. The van der Waals surface area contributed by atoms with Gasteiger partial charge in [0.25, 0.3) is 0 Å². The predicted molar refractivity (Wildman–Crippen MR) is 82.4 cm³/mol. The maximum Gasteiger partial charge on any atom is 0.148 e. The number of hydrogen-bond acceptors (Lipinski definition) is 5. The highest BCUT2D eigenvalue weighted by Crippen LogP contribution is 2.21. The van der Waals surface area contributed by atoms with Crippen molar-refractivity contribution in [1.82, 2.24) is 9.97 Å². The molecule has 0 atom stereocenters. The van der Waals surface area contributed by atoms with Crippen molar-refractivity contribution in [3.63, 3.8) is 0 Å². The van der Waals surface area contributed by atoms with Gasteiger partial charge in [0.1, 0.15) is 23.8 Å². The van der Waals surface area contributed by atoms with Gasteiger partial charge in [0.15, 0.2) is 0 Å². The normalized spacial score (nSPS) is 10.5. The zero-order chi connectivity index (χ0) is 15.4. The van der Waals surface area contributed by atoms with E-state index in [-0.39, 0.29) is 5.82 Å². The Morgan fingerprint density at radius 1 is 1.14 bits per heavy atom. The summed E-state index contributed by atoms with van der Waals surface area (Å²) in [7, 11) is 0. The average Bonchev–Trinajstić information content (AvgIpc) is 2.49. The van der Waals surface area contributed by atoms with Gasteiger partial charge in [0.05, 0.1) is 0 Å². The molecular weight excluding hydrogens is 269 g/mol. The van der Waals surface area contributed by atoms with E-state index >= 15 is 0 Å². The third kappa shape index (κ3) is 3.28. The van der Waals surface area contributed by atoms with Gasteiger partial charge in [-0.25, -0.2) is 20.2 Å². The maximum absolute atomic E-state index is 13.6. The van der Waals surface area contributed by atoms with E-state index in [0.29, 0.717) is 23.5 Å². The van der Waals surface area contributed by atoms with Gasteiger partial charge in [0.2, 0.25) is 0 Å². The van der Waals surface area contributed by atoms with Crippen LogP contribution in [0.3, 0.4) is 0 Å². The Hall–Kier alpha value is -2.21. The Balaban J connectivity index is 2.20. The number of halogens is 1. The smallest absolute Gasteiger partial charge is 0.148 e. The number of aryl methyl sites for hydroxylation is 2. The molecule has 6 heteroatoms. The van der Waals surface area contributed by atoms with Gasteiger partial charge in [-0.2, -0.15) is 0 Å². The molecule has 0 bridgehead atoms.